The van der Waals surface area contributed by atoms with Gasteiger partial charge >= 0.3 is 0 Å². The van der Waals surface area contributed by atoms with E-state index < -0.39 is 10.0 Å². The zero-order valence-electron chi connectivity index (χ0n) is 8.23. The Labute approximate surface area is 84.8 Å². The number of sulfonamides is 1. The average Bonchev–Trinajstić information content (AvgIpc) is 2.04. The number of primary sulfonamides is 1. The molecule has 1 rings (SSSR count). The molecule has 1 aromatic rings. The summed E-state index contributed by atoms with van der Waals surface area (Å²) in [6, 6.07) is 6.84. The van der Waals surface area contributed by atoms with Crippen LogP contribution in [0, 0.1) is 0 Å². The molecule has 5 N–H and O–H groups in total. The van der Waals surface area contributed by atoms with E-state index in [1.165, 1.54) is 0 Å². The first-order valence-electron chi connectivity index (χ1n) is 4.16. The fourth-order valence-electron chi connectivity index (χ4n) is 1.26. The molecule has 0 spiro atoms. The van der Waals surface area contributed by atoms with Gasteiger partial charge in [0.2, 0.25) is 10.0 Å². The van der Waals surface area contributed by atoms with Gasteiger partial charge in [-0.05, 0) is 18.1 Å². The summed E-state index contributed by atoms with van der Waals surface area (Å²) in [5.41, 5.74) is 0.799. The first kappa shape index (κ1) is 13.1. The molecular formula is C9H16N2O2S. The van der Waals surface area contributed by atoms with E-state index in [4.69, 9.17) is 5.14 Å². The number of nitrogens with two attached hydrogens (primary N) is 1. The van der Waals surface area contributed by atoms with Crippen LogP contribution in [0.4, 0.5) is 0 Å². The quantitative estimate of drug-likeness (QED) is 0.800. The molecule has 5 heteroatoms. The minimum atomic E-state index is -3.56. The summed E-state index contributed by atoms with van der Waals surface area (Å²) in [6.45, 7) is 2.00. The van der Waals surface area contributed by atoms with Gasteiger partial charge in [0.15, 0.2) is 0 Å². The van der Waals surface area contributed by atoms with Crippen LogP contribution < -0.4 is 11.3 Å². The van der Waals surface area contributed by atoms with Crippen LogP contribution in [-0.4, -0.2) is 8.42 Å². The highest BCUT2D eigenvalue weighted by Gasteiger charge is 2.11. The van der Waals surface area contributed by atoms with Crippen molar-refractivity contribution in [3.8, 4) is 0 Å². The Hall–Kier alpha value is -0.910. The summed E-state index contributed by atoms with van der Waals surface area (Å²) in [7, 11) is -3.56. The lowest BCUT2D eigenvalue weighted by atomic mass is 10.1. The SMILES string of the molecule is CCCc1ccccc1S(N)(=O)=O.N. The van der Waals surface area contributed by atoms with E-state index in [1.807, 2.05) is 13.0 Å². The Kier molecular flexibility index (Phi) is 4.76. The third-order valence-corrected chi connectivity index (χ3v) is 2.81. The largest absolute Gasteiger partial charge is 0.344 e. The van der Waals surface area contributed by atoms with Gasteiger partial charge in [0, 0.05) is 0 Å². The summed E-state index contributed by atoms with van der Waals surface area (Å²) in [6.07, 6.45) is 1.65. The van der Waals surface area contributed by atoms with E-state index >= 15 is 0 Å². The topological polar surface area (TPSA) is 95.2 Å². The van der Waals surface area contributed by atoms with E-state index in [0.29, 0.717) is 0 Å². The Morgan fingerprint density at radius 3 is 2.36 bits per heavy atom. The van der Waals surface area contributed by atoms with Crippen LogP contribution in [0.1, 0.15) is 18.9 Å². The van der Waals surface area contributed by atoms with Crippen molar-refractivity contribution in [1.82, 2.24) is 6.15 Å². The van der Waals surface area contributed by atoms with Crippen molar-refractivity contribution in [2.45, 2.75) is 24.7 Å². The summed E-state index contributed by atoms with van der Waals surface area (Å²) < 4.78 is 22.2. The summed E-state index contributed by atoms with van der Waals surface area (Å²) >= 11 is 0. The monoisotopic (exact) mass is 216 g/mol. The predicted molar refractivity (Wildman–Crippen MR) is 56.8 cm³/mol. The average molecular weight is 216 g/mol. The van der Waals surface area contributed by atoms with Crippen LogP contribution in [-0.2, 0) is 16.4 Å². The highest BCUT2D eigenvalue weighted by atomic mass is 32.2. The number of hydrogen-bond acceptors (Lipinski definition) is 3. The van der Waals surface area contributed by atoms with Crippen molar-refractivity contribution >= 4 is 10.0 Å². The number of rotatable bonds is 3. The molecule has 4 nitrogen and oxygen atoms in total. The molecule has 0 unspecified atom stereocenters. The van der Waals surface area contributed by atoms with Gasteiger partial charge < -0.3 is 6.15 Å². The molecule has 0 amide bonds. The first-order chi connectivity index (χ1) is 6.05. The smallest absolute Gasteiger partial charge is 0.238 e. The second-order valence-corrected chi connectivity index (χ2v) is 4.43. The molecule has 1 aromatic carbocycles. The van der Waals surface area contributed by atoms with Gasteiger partial charge in [0.05, 0.1) is 4.90 Å². The number of hydrogen-bond donors (Lipinski definition) is 2. The molecule has 0 aliphatic heterocycles. The summed E-state index contributed by atoms with van der Waals surface area (Å²) in [5.74, 6) is 0. The van der Waals surface area contributed by atoms with Gasteiger partial charge in [-0.1, -0.05) is 31.5 Å². The molecule has 0 saturated carbocycles. The number of aryl methyl sites for hydroxylation is 1. The van der Waals surface area contributed by atoms with Gasteiger partial charge in [0.25, 0.3) is 0 Å². The lowest BCUT2D eigenvalue weighted by molar-refractivity contribution is 0.596. The second-order valence-electron chi connectivity index (χ2n) is 2.90. The molecule has 0 aliphatic rings. The molecule has 0 saturated heterocycles. The zero-order chi connectivity index (χ0) is 9.90. The molecule has 0 heterocycles. The molecule has 0 radical (unpaired) electrons. The Morgan fingerprint density at radius 2 is 1.86 bits per heavy atom. The minimum absolute atomic E-state index is 0. The van der Waals surface area contributed by atoms with Gasteiger partial charge in [-0.15, -0.1) is 0 Å². The highest BCUT2D eigenvalue weighted by molar-refractivity contribution is 7.89. The maximum absolute atomic E-state index is 11.1. The Bertz CT molecular complexity index is 388. The van der Waals surface area contributed by atoms with E-state index in [0.717, 1.165) is 18.4 Å². The molecule has 0 atom stereocenters. The van der Waals surface area contributed by atoms with Crippen molar-refractivity contribution in [3.05, 3.63) is 29.8 Å². The first-order valence-corrected chi connectivity index (χ1v) is 5.71. The maximum Gasteiger partial charge on any atom is 0.238 e. The van der Waals surface area contributed by atoms with E-state index in [1.54, 1.807) is 18.2 Å². The van der Waals surface area contributed by atoms with Crippen LogP contribution in [0.15, 0.2) is 29.2 Å². The fourth-order valence-corrected chi connectivity index (χ4v) is 2.06. The predicted octanol–water partition coefficient (Wildman–Crippen LogP) is 1.45. The van der Waals surface area contributed by atoms with Crippen molar-refractivity contribution in [2.75, 3.05) is 0 Å². The normalized spacial score (nSPS) is 10.7. The fraction of sp³-hybridized carbons (Fsp3) is 0.333. The van der Waals surface area contributed by atoms with E-state index in [2.05, 4.69) is 0 Å². The molecule has 0 aromatic heterocycles. The zero-order valence-corrected chi connectivity index (χ0v) is 9.05. The van der Waals surface area contributed by atoms with E-state index in [9.17, 15) is 8.42 Å². The molecule has 0 aliphatic carbocycles. The molecule has 14 heavy (non-hydrogen) atoms. The van der Waals surface area contributed by atoms with Crippen molar-refractivity contribution in [1.29, 1.82) is 0 Å². The molecule has 80 valence electrons. The van der Waals surface area contributed by atoms with Crippen LogP contribution in [0.2, 0.25) is 0 Å². The van der Waals surface area contributed by atoms with E-state index in [-0.39, 0.29) is 11.0 Å². The maximum atomic E-state index is 11.1. The highest BCUT2D eigenvalue weighted by Crippen LogP contribution is 2.14. The second kappa shape index (κ2) is 5.09. The van der Waals surface area contributed by atoms with Crippen LogP contribution in [0.25, 0.3) is 0 Å². The van der Waals surface area contributed by atoms with Crippen molar-refractivity contribution < 1.29 is 8.42 Å². The number of benzene rings is 1. The lowest BCUT2D eigenvalue weighted by Crippen LogP contribution is -2.14. The van der Waals surface area contributed by atoms with Gasteiger partial charge in [-0.25, -0.2) is 13.6 Å². The van der Waals surface area contributed by atoms with Crippen LogP contribution in [0.5, 0.6) is 0 Å². The summed E-state index contributed by atoms with van der Waals surface area (Å²) in [5, 5.41) is 5.06. The molecule has 0 fully saturated rings. The third kappa shape index (κ3) is 3.10. The third-order valence-electron chi connectivity index (χ3n) is 1.80. The summed E-state index contributed by atoms with van der Waals surface area (Å²) in [4.78, 5) is 0.247. The lowest BCUT2D eigenvalue weighted by Gasteiger charge is -2.04. The van der Waals surface area contributed by atoms with Gasteiger partial charge in [-0.3, -0.25) is 0 Å². The van der Waals surface area contributed by atoms with Crippen molar-refractivity contribution in [2.24, 2.45) is 5.14 Å². The van der Waals surface area contributed by atoms with Crippen molar-refractivity contribution in [3.63, 3.8) is 0 Å². The molecular weight excluding hydrogens is 200 g/mol. The molecule has 0 bridgehead atoms. The standard InChI is InChI=1S/C9H13NO2S.H3N/c1-2-5-8-6-3-4-7-9(8)13(10,11)12;/h3-4,6-7H,2,5H2,1H3,(H2,10,11,12);1H3. The Balaban J connectivity index is 0.00000169. The van der Waals surface area contributed by atoms with Gasteiger partial charge in [-0.2, -0.15) is 0 Å². The Morgan fingerprint density at radius 1 is 1.29 bits per heavy atom. The minimum Gasteiger partial charge on any atom is -0.344 e. The van der Waals surface area contributed by atoms with Gasteiger partial charge in [0.1, 0.15) is 0 Å². The van der Waals surface area contributed by atoms with Crippen LogP contribution in [0.3, 0.4) is 0 Å². The van der Waals surface area contributed by atoms with Crippen LogP contribution >= 0.6 is 0 Å².